The standard InChI is InChI=1S/C67H47N/c1-6-23-48(24-7-1)56-33-16-18-35-59(56)60-36-19-17-34-57(60)50-41-43-54(44-42-50)68(65-40-22-38-58(49-25-8-2-9-26-49)66(65)51-27-10-3-11-28-51)55-45-46-62-61-37-20-21-39-63(61)67(64(62)47-55,52-29-12-4-13-30-52)53-31-14-5-15-32-53/h1-47H. The number of nitrogens with zero attached hydrogens (tertiary/aromatic N) is 1. The molecule has 1 aliphatic carbocycles. The Hall–Kier alpha value is -8.78. The normalized spacial score (nSPS) is 12.2. The van der Waals surface area contributed by atoms with Crippen molar-refractivity contribution < 1.29 is 0 Å². The van der Waals surface area contributed by atoms with E-state index in [9.17, 15) is 0 Å². The van der Waals surface area contributed by atoms with Crippen molar-refractivity contribution in [3.05, 3.63) is 307 Å². The van der Waals surface area contributed by atoms with E-state index in [1.807, 2.05) is 0 Å². The summed E-state index contributed by atoms with van der Waals surface area (Å²) < 4.78 is 0. The summed E-state index contributed by atoms with van der Waals surface area (Å²) in [7, 11) is 0. The molecule has 1 nitrogen and oxygen atoms in total. The lowest BCUT2D eigenvalue weighted by Gasteiger charge is -2.35. The summed E-state index contributed by atoms with van der Waals surface area (Å²) in [6.45, 7) is 0. The predicted molar refractivity (Wildman–Crippen MR) is 286 cm³/mol. The quantitative estimate of drug-likeness (QED) is 0.132. The van der Waals surface area contributed by atoms with Gasteiger partial charge in [0.05, 0.1) is 11.1 Å². The zero-order valence-corrected chi connectivity index (χ0v) is 37.6. The monoisotopic (exact) mass is 865 g/mol. The van der Waals surface area contributed by atoms with Crippen LogP contribution >= 0.6 is 0 Å². The van der Waals surface area contributed by atoms with Gasteiger partial charge >= 0.3 is 0 Å². The van der Waals surface area contributed by atoms with Crippen LogP contribution in [0.3, 0.4) is 0 Å². The average Bonchev–Trinajstić information content (AvgIpc) is 3.72. The number of rotatable bonds is 10. The molecule has 12 rings (SSSR count). The zero-order valence-electron chi connectivity index (χ0n) is 37.6. The van der Waals surface area contributed by atoms with Gasteiger partial charge in [-0.3, -0.25) is 0 Å². The Kier molecular flexibility index (Phi) is 10.5. The zero-order chi connectivity index (χ0) is 45.3. The van der Waals surface area contributed by atoms with E-state index >= 15 is 0 Å². The van der Waals surface area contributed by atoms with Crippen molar-refractivity contribution >= 4 is 17.1 Å². The maximum atomic E-state index is 2.49. The lowest BCUT2D eigenvalue weighted by molar-refractivity contribution is 0.768. The molecule has 68 heavy (non-hydrogen) atoms. The van der Waals surface area contributed by atoms with Gasteiger partial charge in [0.1, 0.15) is 0 Å². The minimum atomic E-state index is -0.548. The lowest BCUT2D eigenvalue weighted by Crippen LogP contribution is -2.28. The van der Waals surface area contributed by atoms with Crippen molar-refractivity contribution in [3.8, 4) is 66.8 Å². The summed E-state index contributed by atoms with van der Waals surface area (Å²) >= 11 is 0. The van der Waals surface area contributed by atoms with Crippen LogP contribution in [0.2, 0.25) is 0 Å². The fourth-order valence-electron chi connectivity index (χ4n) is 10.8. The second kappa shape index (κ2) is 17.5. The predicted octanol–water partition coefficient (Wildman–Crippen LogP) is 17.9. The third-order valence-corrected chi connectivity index (χ3v) is 13.8. The van der Waals surface area contributed by atoms with Gasteiger partial charge in [0.25, 0.3) is 0 Å². The number of fused-ring (bicyclic) bond motifs is 3. The summed E-state index contributed by atoms with van der Waals surface area (Å²) in [4.78, 5) is 2.49. The Labute approximate surface area is 399 Å². The summed E-state index contributed by atoms with van der Waals surface area (Å²) in [6, 6.07) is 104. The Balaban J connectivity index is 1.09. The second-order valence-corrected chi connectivity index (χ2v) is 17.5. The summed E-state index contributed by atoms with van der Waals surface area (Å²) in [6.07, 6.45) is 0. The minimum absolute atomic E-state index is 0.548. The van der Waals surface area contributed by atoms with Gasteiger partial charge in [-0.15, -0.1) is 0 Å². The molecule has 0 unspecified atom stereocenters. The minimum Gasteiger partial charge on any atom is -0.310 e. The van der Waals surface area contributed by atoms with Crippen LogP contribution in [-0.4, -0.2) is 0 Å². The number of hydrogen-bond donors (Lipinski definition) is 0. The number of hydrogen-bond acceptors (Lipinski definition) is 1. The van der Waals surface area contributed by atoms with Crippen LogP contribution in [0.4, 0.5) is 17.1 Å². The van der Waals surface area contributed by atoms with Crippen LogP contribution in [-0.2, 0) is 5.41 Å². The maximum absolute atomic E-state index is 2.49. The van der Waals surface area contributed by atoms with E-state index in [4.69, 9.17) is 0 Å². The van der Waals surface area contributed by atoms with Gasteiger partial charge < -0.3 is 4.90 Å². The highest BCUT2D eigenvalue weighted by atomic mass is 15.1. The maximum Gasteiger partial charge on any atom is 0.0714 e. The van der Waals surface area contributed by atoms with Crippen LogP contribution in [0.25, 0.3) is 66.8 Å². The first kappa shape index (κ1) is 40.7. The summed E-state index contributed by atoms with van der Waals surface area (Å²) in [5.41, 5.74) is 22.1. The molecule has 1 aliphatic rings. The molecule has 0 bridgehead atoms. The van der Waals surface area contributed by atoms with Gasteiger partial charge in [-0.2, -0.15) is 0 Å². The van der Waals surface area contributed by atoms with Gasteiger partial charge in [0, 0.05) is 16.9 Å². The van der Waals surface area contributed by atoms with Crippen molar-refractivity contribution in [1.29, 1.82) is 0 Å². The molecule has 0 heterocycles. The molecule has 320 valence electrons. The van der Waals surface area contributed by atoms with E-state index in [1.165, 1.54) is 77.9 Å². The van der Waals surface area contributed by atoms with Crippen LogP contribution in [0.1, 0.15) is 22.3 Å². The molecule has 0 aromatic heterocycles. The summed E-state index contributed by atoms with van der Waals surface area (Å²) in [5.74, 6) is 0. The van der Waals surface area contributed by atoms with E-state index in [-0.39, 0.29) is 0 Å². The van der Waals surface area contributed by atoms with Crippen molar-refractivity contribution in [2.75, 3.05) is 4.90 Å². The van der Waals surface area contributed by atoms with Gasteiger partial charge in [0.15, 0.2) is 0 Å². The SMILES string of the molecule is c1ccc(-c2ccccc2-c2ccccc2-c2ccc(N(c3ccc4c(c3)C(c3ccccc3)(c3ccccc3)c3ccccc3-4)c3cccc(-c4ccccc4)c3-c3ccccc3)cc2)cc1. The highest BCUT2D eigenvalue weighted by molar-refractivity contribution is 5.98. The van der Waals surface area contributed by atoms with E-state index in [0.717, 1.165) is 28.2 Å². The third-order valence-electron chi connectivity index (χ3n) is 13.8. The molecular weight excluding hydrogens is 819 g/mol. The first-order valence-electron chi connectivity index (χ1n) is 23.5. The first-order chi connectivity index (χ1) is 33.8. The number of anilines is 3. The van der Waals surface area contributed by atoms with Crippen molar-refractivity contribution in [1.82, 2.24) is 0 Å². The molecule has 0 atom stereocenters. The highest BCUT2D eigenvalue weighted by Gasteiger charge is 2.46. The van der Waals surface area contributed by atoms with Crippen LogP contribution < -0.4 is 4.90 Å². The van der Waals surface area contributed by atoms with Crippen LogP contribution in [0, 0.1) is 0 Å². The summed E-state index contributed by atoms with van der Waals surface area (Å²) in [5, 5.41) is 0. The third kappa shape index (κ3) is 6.96. The Bertz CT molecular complexity index is 3490. The largest absolute Gasteiger partial charge is 0.310 e. The molecule has 1 heteroatoms. The van der Waals surface area contributed by atoms with E-state index in [0.29, 0.717) is 0 Å². The van der Waals surface area contributed by atoms with Crippen LogP contribution in [0.5, 0.6) is 0 Å². The molecule has 11 aromatic carbocycles. The molecule has 0 saturated heterocycles. The molecule has 0 N–H and O–H groups in total. The van der Waals surface area contributed by atoms with Gasteiger partial charge in [-0.05, 0) is 114 Å². The Morgan fingerprint density at radius 1 is 0.235 bits per heavy atom. The van der Waals surface area contributed by atoms with Gasteiger partial charge in [-0.1, -0.05) is 255 Å². The Morgan fingerprint density at radius 2 is 0.632 bits per heavy atom. The topological polar surface area (TPSA) is 3.24 Å². The fraction of sp³-hybridized carbons (Fsp3) is 0.0149. The van der Waals surface area contributed by atoms with Crippen molar-refractivity contribution in [3.63, 3.8) is 0 Å². The molecule has 0 spiro atoms. The average molecular weight is 866 g/mol. The Morgan fingerprint density at radius 3 is 1.19 bits per heavy atom. The second-order valence-electron chi connectivity index (χ2n) is 17.5. The van der Waals surface area contributed by atoms with E-state index in [1.54, 1.807) is 0 Å². The highest BCUT2D eigenvalue weighted by Crippen LogP contribution is 2.58. The van der Waals surface area contributed by atoms with E-state index in [2.05, 4.69) is 290 Å². The van der Waals surface area contributed by atoms with E-state index < -0.39 is 5.41 Å². The van der Waals surface area contributed by atoms with Gasteiger partial charge in [-0.25, -0.2) is 0 Å². The van der Waals surface area contributed by atoms with Crippen LogP contribution in [0.15, 0.2) is 285 Å². The molecule has 11 aromatic rings. The molecule has 0 aliphatic heterocycles. The molecule has 0 saturated carbocycles. The molecule has 0 amide bonds. The molecule has 0 fully saturated rings. The molecular formula is C67H47N. The lowest BCUT2D eigenvalue weighted by atomic mass is 9.67. The van der Waals surface area contributed by atoms with Crippen molar-refractivity contribution in [2.24, 2.45) is 0 Å². The fourth-order valence-corrected chi connectivity index (χ4v) is 10.8. The first-order valence-corrected chi connectivity index (χ1v) is 23.5. The van der Waals surface area contributed by atoms with Crippen molar-refractivity contribution in [2.45, 2.75) is 5.41 Å². The smallest absolute Gasteiger partial charge is 0.0714 e. The number of benzene rings is 11. The van der Waals surface area contributed by atoms with Gasteiger partial charge in [0.2, 0.25) is 0 Å². The molecule has 0 radical (unpaired) electrons.